The topological polar surface area (TPSA) is 32.3 Å². The van der Waals surface area contributed by atoms with Crippen LogP contribution in [0.2, 0.25) is 0 Å². The van der Waals surface area contributed by atoms with Gasteiger partial charge in [0.2, 0.25) is 0 Å². The van der Waals surface area contributed by atoms with Crippen molar-refractivity contribution in [2.75, 3.05) is 19.7 Å². The molecule has 0 amide bonds. The number of aliphatic hydroxyl groups is 1. The van der Waals surface area contributed by atoms with Crippen LogP contribution in [0.3, 0.4) is 0 Å². The minimum absolute atomic E-state index is 0.210. The molecule has 0 spiro atoms. The van der Waals surface area contributed by atoms with Crippen LogP contribution >= 0.6 is 0 Å². The van der Waals surface area contributed by atoms with Gasteiger partial charge in [-0.1, -0.05) is 35.5 Å². The molecule has 0 aromatic heterocycles. The molecule has 78 valence electrons. The van der Waals surface area contributed by atoms with Gasteiger partial charge in [-0.15, -0.1) is 0 Å². The van der Waals surface area contributed by atoms with Crippen molar-refractivity contribution in [2.45, 2.75) is 19.8 Å². The van der Waals surface area contributed by atoms with Crippen LogP contribution in [0.25, 0.3) is 0 Å². The van der Waals surface area contributed by atoms with Crippen LogP contribution in [0.5, 0.6) is 0 Å². The number of rotatable bonds is 4. The summed E-state index contributed by atoms with van der Waals surface area (Å²) in [5.74, 6) is 0. The van der Waals surface area contributed by atoms with Gasteiger partial charge in [-0.3, -0.25) is 0 Å². The van der Waals surface area contributed by atoms with Crippen LogP contribution in [0.4, 0.5) is 0 Å². The molecule has 0 aromatic rings. The highest BCUT2D eigenvalue weighted by molar-refractivity contribution is 5.25. The third-order valence-electron chi connectivity index (χ3n) is 2.26. The van der Waals surface area contributed by atoms with Crippen LogP contribution in [-0.2, 0) is 0 Å². The molecule has 0 saturated heterocycles. The number of nitrogens with one attached hydrogen (secondary N) is 1. The predicted octanol–water partition coefficient (Wildman–Crippen LogP) is 1.79. The first-order chi connectivity index (χ1) is 6.83. The fraction of sp³-hybridized carbons (Fsp3) is 0.500. The van der Waals surface area contributed by atoms with E-state index >= 15 is 0 Å². The summed E-state index contributed by atoms with van der Waals surface area (Å²) in [5.41, 5.74) is 2.74. The Labute approximate surface area is 86.0 Å². The van der Waals surface area contributed by atoms with Gasteiger partial charge in [0.25, 0.3) is 0 Å². The maximum Gasteiger partial charge on any atom is 0.0556 e. The number of hydrogen-bond acceptors (Lipinski definition) is 2. The average molecular weight is 193 g/mol. The summed E-state index contributed by atoms with van der Waals surface area (Å²) in [6.45, 7) is 3.90. The molecule has 0 fully saturated rings. The van der Waals surface area contributed by atoms with Crippen LogP contribution in [0, 0.1) is 0 Å². The van der Waals surface area contributed by atoms with Crippen molar-refractivity contribution in [2.24, 2.45) is 0 Å². The fourth-order valence-electron chi connectivity index (χ4n) is 1.45. The molecule has 2 nitrogen and oxygen atoms in total. The molecule has 0 atom stereocenters. The quantitative estimate of drug-likeness (QED) is 0.667. The zero-order chi connectivity index (χ0) is 10.2. The number of allylic oxidation sites excluding steroid dienone is 5. The Morgan fingerprint density at radius 2 is 2.36 bits per heavy atom. The monoisotopic (exact) mass is 193 g/mol. The Kier molecular flexibility index (Phi) is 5.27. The molecule has 0 aliphatic heterocycles. The molecule has 2 heteroatoms. The smallest absolute Gasteiger partial charge is 0.0556 e. The van der Waals surface area contributed by atoms with E-state index in [0.29, 0.717) is 6.54 Å². The van der Waals surface area contributed by atoms with Crippen LogP contribution in [0.15, 0.2) is 35.5 Å². The van der Waals surface area contributed by atoms with E-state index in [2.05, 4.69) is 36.5 Å². The second-order valence-corrected chi connectivity index (χ2v) is 3.57. The van der Waals surface area contributed by atoms with Crippen LogP contribution in [0.1, 0.15) is 19.8 Å². The van der Waals surface area contributed by atoms with Gasteiger partial charge in [0.1, 0.15) is 0 Å². The zero-order valence-electron chi connectivity index (χ0n) is 8.79. The van der Waals surface area contributed by atoms with Gasteiger partial charge in [-0.05, 0) is 19.8 Å². The van der Waals surface area contributed by atoms with E-state index < -0.39 is 0 Å². The highest BCUT2D eigenvalue weighted by Gasteiger charge is 1.97. The van der Waals surface area contributed by atoms with Gasteiger partial charge < -0.3 is 10.4 Å². The van der Waals surface area contributed by atoms with E-state index in [1.165, 1.54) is 11.1 Å². The molecular formula is C12H19NO. The van der Waals surface area contributed by atoms with Crippen LogP contribution < -0.4 is 5.32 Å². The maximum absolute atomic E-state index is 8.63. The van der Waals surface area contributed by atoms with Crippen molar-refractivity contribution in [1.82, 2.24) is 5.32 Å². The lowest BCUT2D eigenvalue weighted by Crippen LogP contribution is -2.20. The summed E-state index contributed by atoms with van der Waals surface area (Å²) in [5, 5.41) is 11.8. The van der Waals surface area contributed by atoms with Crippen molar-refractivity contribution >= 4 is 0 Å². The molecule has 0 heterocycles. The first-order valence-electron chi connectivity index (χ1n) is 5.17. The number of hydrogen-bond donors (Lipinski definition) is 2. The largest absolute Gasteiger partial charge is 0.395 e. The van der Waals surface area contributed by atoms with Gasteiger partial charge in [0, 0.05) is 13.1 Å². The van der Waals surface area contributed by atoms with Gasteiger partial charge in [0.05, 0.1) is 6.61 Å². The van der Waals surface area contributed by atoms with E-state index in [1.54, 1.807) is 0 Å². The lowest BCUT2D eigenvalue weighted by Gasteiger charge is -2.08. The van der Waals surface area contributed by atoms with E-state index in [0.717, 1.165) is 19.4 Å². The third kappa shape index (κ3) is 4.40. The molecular weight excluding hydrogens is 174 g/mol. The second kappa shape index (κ2) is 6.57. The lowest BCUT2D eigenvalue weighted by molar-refractivity contribution is 0.294. The van der Waals surface area contributed by atoms with E-state index in [1.807, 2.05) is 0 Å². The van der Waals surface area contributed by atoms with Crippen LogP contribution in [-0.4, -0.2) is 24.8 Å². The molecule has 1 aliphatic rings. The van der Waals surface area contributed by atoms with Gasteiger partial charge >= 0.3 is 0 Å². The SMILES string of the molecule is CC1=C\CC/C(CNCCO)=C/C=C\1. The summed E-state index contributed by atoms with van der Waals surface area (Å²) < 4.78 is 0. The fourth-order valence-corrected chi connectivity index (χ4v) is 1.45. The maximum atomic E-state index is 8.63. The van der Waals surface area contributed by atoms with Gasteiger partial charge in [-0.2, -0.15) is 0 Å². The normalized spacial score (nSPS) is 26.7. The summed E-state index contributed by atoms with van der Waals surface area (Å²) >= 11 is 0. The molecule has 1 rings (SSSR count). The Morgan fingerprint density at radius 3 is 3.14 bits per heavy atom. The minimum Gasteiger partial charge on any atom is -0.395 e. The molecule has 14 heavy (non-hydrogen) atoms. The molecule has 0 saturated carbocycles. The van der Waals surface area contributed by atoms with Gasteiger partial charge in [-0.25, -0.2) is 0 Å². The minimum atomic E-state index is 0.210. The van der Waals surface area contributed by atoms with Gasteiger partial charge in [0.15, 0.2) is 0 Å². The van der Waals surface area contributed by atoms with E-state index in [4.69, 9.17) is 5.11 Å². The molecule has 0 unspecified atom stereocenters. The Balaban J connectivity index is 2.39. The molecule has 0 aromatic carbocycles. The average Bonchev–Trinajstić information content (AvgIpc) is 2.14. The van der Waals surface area contributed by atoms with E-state index in [9.17, 15) is 0 Å². The molecule has 0 bridgehead atoms. The van der Waals surface area contributed by atoms with Crippen molar-refractivity contribution in [1.29, 1.82) is 0 Å². The third-order valence-corrected chi connectivity index (χ3v) is 2.26. The zero-order valence-corrected chi connectivity index (χ0v) is 8.79. The molecule has 0 radical (unpaired) electrons. The van der Waals surface area contributed by atoms with Crippen molar-refractivity contribution < 1.29 is 5.11 Å². The number of aliphatic hydroxyl groups excluding tert-OH is 1. The summed E-state index contributed by atoms with van der Waals surface area (Å²) in [6.07, 6.45) is 10.9. The van der Waals surface area contributed by atoms with Crippen molar-refractivity contribution in [3.05, 3.63) is 35.5 Å². The Morgan fingerprint density at radius 1 is 1.50 bits per heavy atom. The van der Waals surface area contributed by atoms with Crippen molar-refractivity contribution in [3.63, 3.8) is 0 Å². The van der Waals surface area contributed by atoms with E-state index in [-0.39, 0.29) is 6.61 Å². The Hall–Kier alpha value is -0.860. The van der Waals surface area contributed by atoms with Crippen molar-refractivity contribution in [3.8, 4) is 0 Å². The first-order valence-corrected chi connectivity index (χ1v) is 5.17. The second-order valence-electron chi connectivity index (χ2n) is 3.57. The summed E-state index contributed by atoms with van der Waals surface area (Å²) in [6, 6.07) is 0. The standard InChI is InChI=1S/C12H19NO/c1-11-4-2-6-12(7-3-5-11)10-13-8-9-14/h2,4-6,13-14H,3,7-10H2,1H3/b4-2-,11-5+,12-6-. The highest BCUT2D eigenvalue weighted by Crippen LogP contribution is 2.11. The highest BCUT2D eigenvalue weighted by atomic mass is 16.3. The molecule has 2 N–H and O–H groups in total. The summed E-state index contributed by atoms with van der Waals surface area (Å²) in [4.78, 5) is 0. The molecule has 1 aliphatic carbocycles. The predicted molar refractivity (Wildman–Crippen MR) is 60.2 cm³/mol. The summed E-state index contributed by atoms with van der Waals surface area (Å²) in [7, 11) is 0. The first kappa shape index (κ1) is 11.2. The Bertz CT molecular complexity index is 251. The lowest BCUT2D eigenvalue weighted by atomic mass is 10.1.